The second-order valence-electron chi connectivity index (χ2n) is 5.58. The summed E-state index contributed by atoms with van der Waals surface area (Å²) in [6.45, 7) is 4.23. The number of carbonyl (C=O) groups excluding carboxylic acids is 1. The largest absolute Gasteiger partial charge is 0.462 e. The number of hydrogen-bond acceptors (Lipinski definition) is 3. The van der Waals surface area contributed by atoms with Crippen molar-refractivity contribution in [3.8, 4) is 0 Å². The van der Waals surface area contributed by atoms with Gasteiger partial charge in [-0.3, -0.25) is 0 Å². The Kier molecular flexibility index (Phi) is 5.21. The second kappa shape index (κ2) is 7.54. The minimum absolute atomic E-state index is 0.232. The van der Waals surface area contributed by atoms with E-state index < -0.39 is 0 Å². The van der Waals surface area contributed by atoms with E-state index in [1.165, 1.54) is 4.90 Å². The van der Waals surface area contributed by atoms with Crippen LogP contribution in [0.1, 0.15) is 28.4 Å². The van der Waals surface area contributed by atoms with E-state index in [0.29, 0.717) is 12.2 Å². The fraction of sp³-hybridized carbons (Fsp3) is 0.190. The van der Waals surface area contributed by atoms with Crippen LogP contribution in [0.3, 0.4) is 0 Å². The van der Waals surface area contributed by atoms with Crippen molar-refractivity contribution >= 4 is 28.5 Å². The summed E-state index contributed by atoms with van der Waals surface area (Å²) < 4.78 is 5.30. The molecule has 0 N–H and O–H groups in total. The van der Waals surface area contributed by atoms with Gasteiger partial charge >= 0.3 is 5.97 Å². The summed E-state index contributed by atoms with van der Waals surface area (Å²) in [5.74, 6) is 0.508. The molecular formula is C21H20O2S. The third-order valence-electron chi connectivity index (χ3n) is 4.01. The van der Waals surface area contributed by atoms with Crippen LogP contribution in [-0.4, -0.2) is 12.6 Å². The van der Waals surface area contributed by atoms with Gasteiger partial charge in [0.1, 0.15) is 0 Å². The lowest BCUT2D eigenvalue weighted by atomic mass is 9.95. The van der Waals surface area contributed by atoms with Crippen molar-refractivity contribution in [3.05, 3.63) is 77.4 Å². The molecule has 3 rings (SSSR count). The maximum atomic E-state index is 12.5. The van der Waals surface area contributed by atoms with Crippen LogP contribution in [-0.2, 0) is 10.5 Å². The van der Waals surface area contributed by atoms with E-state index in [2.05, 4.69) is 30.3 Å². The first-order valence-electron chi connectivity index (χ1n) is 8.07. The number of rotatable bonds is 5. The van der Waals surface area contributed by atoms with Crippen LogP contribution in [0.4, 0.5) is 0 Å². The Morgan fingerprint density at radius 2 is 1.75 bits per heavy atom. The van der Waals surface area contributed by atoms with Crippen LogP contribution >= 0.6 is 11.8 Å². The van der Waals surface area contributed by atoms with Gasteiger partial charge in [0.05, 0.1) is 12.2 Å². The summed E-state index contributed by atoms with van der Waals surface area (Å²) >= 11 is 1.73. The van der Waals surface area contributed by atoms with E-state index in [1.54, 1.807) is 11.8 Å². The molecule has 3 aromatic carbocycles. The predicted molar refractivity (Wildman–Crippen MR) is 101 cm³/mol. The quantitative estimate of drug-likeness (QED) is 0.447. The van der Waals surface area contributed by atoms with Crippen molar-refractivity contribution in [1.29, 1.82) is 0 Å². The molecule has 122 valence electrons. The molecular weight excluding hydrogens is 316 g/mol. The molecule has 3 aromatic rings. The Morgan fingerprint density at radius 1 is 1.04 bits per heavy atom. The maximum Gasteiger partial charge on any atom is 0.338 e. The second-order valence-corrected chi connectivity index (χ2v) is 6.63. The van der Waals surface area contributed by atoms with Crippen molar-refractivity contribution in [2.45, 2.75) is 24.5 Å². The van der Waals surface area contributed by atoms with Gasteiger partial charge in [-0.2, -0.15) is 0 Å². The molecule has 2 nitrogen and oxygen atoms in total. The molecule has 0 bridgehead atoms. The molecule has 3 heteroatoms. The number of esters is 1. The lowest BCUT2D eigenvalue weighted by Crippen LogP contribution is -2.10. The van der Waals surface area contributed by atoms with Crippen molar-refractivity contribution in [2.75, 3.05) is 6.61 Å². The van der Waals surface area contributed by atoms with Crippen LogP contribution in [0.5, 0.6) is 0 Å². The molecule has 0 heterocycles. The smallest absolute Gasteiger partial charge is 0.338 e. The number of benzene rings is 3. The van der Waals surface area contributed by atoms with Gasteiger partial charge < -0.3 is 4.74 Å². The highest BCUT2D eigenvalue weighted by Gasteiger charge is 2.18. The standard InChI is InChI=1S/C21H20O2S/c1-3-23-21(22)20-15(2)19-12-8-7-9-16(19)13-17(20)14-24-18-10-5-4-6-11-18/h4-13H,3,14H2,1-2H3. The van der Waals surface area contributed by atoms with Crippen LogP contribution in [0.15, 0.2) is 65.6 Å². The molecule has 0 saturated carbocycles. The van der Waals surface area contributed by atoms with Gasteiger partial charge in [0.25, 0.3) is 0 Å². The SMILES string of the molecule is CCOC(=O)c1c(CSc2ccccc2)cc2ccccc2c1C. The van der Waals surface area contributed by atoms with Gasteiger partial charge in [-0.1, -0.05) is 42.5 Å². The van der Waals surface area contributed by atoms with E-state index in [4.69, 9.17) is 4.74 Å². The summed E-state index contributed by atoms with van der Waals surface area (Å²) in [6.07, 6.45) is 0. The molecule has 0 aliphatic rings. The zero-order valence-electron chi connectivity index (χ0n) is 13.9. The van der Waals surface area contributed by atoms with Gasteiger partial charge in [0, 0.05) is 10.6 Å². The van der Waals surface area contributed by atoms with E-state index in [0.717, 1.165) is 27.7 Å². The Hall–Kier alpha value is -2.26. The average molecular weight is 336 g/mol. The zero-order chi connectivity index (χ0) is 16.9. The zero-order valence-corrected chi connectivity index (χ0v) is 14.7. The van der Waals surface area contributed by atoms with Crippen molar-refractivity contribution < 1.29 is 9.53 Å². The molecule has 0 amide bonds. The van der Waals surface area contributed by atoms with Crippen molar-refractivity contribution in [2.24, 2.45) is 0 Å². The Balaban J connectivity index is 2.03. The molecule has 0 aliphatic carbocycles. The number of ether oxygens (including phenoxy) is 1. The number of hydrogen-bond donors (Lipinski definition) is 0. The van der Waals surface area contributed by atoms with E-state index in [-0.39, 0.29) is 5.97 Å². The Labute approximate surface area is 146 Å². The molecule has 0 radical (unpaired) electrons. The van der Waals surface area contributed by atoms with Gasteiger partial charge in [-0.15, -0.1) is 11.8 Å². The molecule has 24 heavy (non-hydrogen) atoms. The van der Waals surface area contributed by atoms with Gasteiger partial charge in [-0.25, -0.2) is 4.79 Å². The summed E-state index contributed by atoms with van der Waals surface area (Å²) in [7, 11) is 0. The topological polar surface area (TPSA) is 26.3 Å². The summed E-state index contributed by atoms with van der Waals surface area (Å²) in [6, 6.07) is 20.5. The summed E-state index contributed by atoms with van der Waals surface area (Å²) in [5, 5.41) is 2.26. The first-order valence-corrected chi connectivity index (χ1v) is 9.05. The summed E-state index contributed by atoms with van der Waals surface area (Å²) in [4.78, 5) is 13.7. The minimum atomic E-state index is -0.232. The number of aryl methyl sites for hydroxylation is 1. The normalized spacial score (nSPS) is 10.8. The number of fused-ring (bicyclic) bond motifs is 1. The number of thioether (sulfide) groups is 1. The van der Waals surface area contributed by atoms with E-state index in [9.17, 15) is 4.79 Å². The van der Waals surface area contributed by atoms with Crippen LogP contribution in [0, 0.1) is 6.92 Å². The predicted octanol–water partition coefficient (Wildman–Crippen LogP) is 5.62. The molecule has 0 atom stereocenters. The maximum absolute atomic E-state index is 12.5. The highest BCUT2D eigenvalue weighted by atomic mass is 32.2. The molecule has 0 fully saturated rings. The third kappa shape index (κ3) is 3.46. The van der Waals surface area contributed by atoms with Gasteiger partial charge in [-0.05, 0) is 53.9 Å². The Bertz CT molecular complexity index is 856. The highest BCUT2D eigenvalue weighted by molar-refractivity contribution is 7.98. The lowest BCUT2D eigenvalue weighted by Gasteiger charge is -2.14. The lowest BCUT2D eigenvalue weighted by molar-refractivity contribution is 0.0525. The number of carbonyl (C=O) groups is 1. The molecule has 0 unspecified atom stereocenters. The van der Waals surface area contributed by atoms with Crippen LogP contribution < -0.4 is 0 Å². The van der Waals surface area contributed by atoms with Crippen molar-refractivity contribution in [3.63, 3.8) is 0 Å². The molecule has 0 aliphatic heterocycles. The fourth-order valence-corrected chi connectivity index (χ4v) is 3.78. The van der Waals surface area contributed by atoms with Crippen LogP contribution in [0.2, 0.25) is 0 Å². The fourth-order valence-electron chi connectivity index (χ4n) is 2.88. The molecule has 0 aromatic heterocycles. The Morgan fingerprint density at radius 3 is 2.50 bits per heavy atom. The van der Waals surface area contributed by atoms with E-state index in [1.807, 2.05) is 44.2 Å². The van der Waals surface area contributed by atoms with Gasteiger partial charge in [0.15, 0.2) is 0 Å². The monoisotopic (exact) mass is 336 g/mol. The summed E-state index contributed by atoms with van der Waals surface area (Å²) in [5.41, 5.74) is 2.73. The van der Waals surface area contributed by atoms with E-state index >= 15 is 0 Å². The van der Waals surface area contributed by atoms with Crippen molar-refractivity contribution in [1.82, 2.24) is 0 Å². The minimum Gasteiger partial charge on any atom is -0.462 e. The first kappa shape index (κ1) is 16.6. The van der Waals surface area contributed by atoms with Gasteiger partial charge in [0.2, 0.25) is 0 Å². The first-order chi connectivity index (χ1) is 11.7. The average Bonchev–Trinajstić information content (AvgIpc) is 2.61. The molecule has 0 saturated heterocycles. The highest BCUT2D eigenvalue weighted by Crippen LogP contribution is 2.31. The van der Waals surface area contributed by atoms with Crippen LogP contribution in [0.25, 0.3) is 10.8 Å². The third-order valence-corrected chi connectivity index (χ3v) is 5.07. The molecule has 0 spiro atoms.